The van der Waals surface area contributed by atoms with Gasteiger partial charge in [-0.1, -0.05) is 0 Å². The van der Waals surface area contributed by atoms with Crippen LogP contribution in [0.15, 0.2) is 18.5 Å². The van der Waals surface area contributed by atoms with Gasteiger partial charge in [-0.15, -0.1) is 0 Å². The van der Waals surface area contributed by atoms with Gasteiger partial charge < -0.3 is 10.7 Å². The second-order valence-electron chi connectivity index (χ2n) is 4.49. The zero-order chi connectivity index (χ0) is 11.4. The number of hydrogen-bond donors (Lipinski definition) is 2. The third-order valence-electron chi connectivity index (χ3n) is 3.50. The van der Waals surface area contributed by atoms with Crippen LogP contribution in [0.2, 0.25) is 0 Å². The monoisotopic (exact) mass is 222 g/mol. The fourth-order valence-corrected chi connectivity index (χ4v) is 2.36. The van der Waals surface area contributed by atoms with Gasteiger partial charge in [0.05, 0.1) is 0 Å². The molecule has 4 nitrogen and oxygen atoms in total. The van der Waals surface area contributed by atoms with Crippen molar-refractivity contribution in [1.82, 2.24) is 14.8 Å². The van der Waals surface area contributed by atoms with Gasteiger partial charge in [0, 0.05) is 57.7 Å². The van der Waals surface area contributed by atoms with Gasteiger partial charge in [-0.05, 0) is 18.6 Å². The Morgan fingerprint density at radius 3 is 2.69 bits per heavy atom. The maximum Gasteiger partial charge on any atom is 0.0335 e. The first-order chi connectivity index (χ1) is 7.81. The van der Waals surface area contributed by atoms with Crippen LogP contribution in [0.4, 0.5) is 0 Å². The molecular weight excluding hydrogens is 200 g/mol. The van der Waals surface area contributed by atoms with E-state index in [1.807, 2.05) is 6.20 Å². The van der Waals surface area contributed by atoms with Crippen LogP contribution in [0, 0.1) is 0 Å². The molecule has 1 aromatic heterocycles. The maximum absolute atomic E-state index is 5.57. The summed E-state index contributed by atoms with van der Waals surface area (Å²) in [6.45, 7) is 8.66. The molecule has 0 aromatic carbocycles. The van der Waals surface area contributed by atoms with Gasteiger partial charge in [0.2, 0.25) is 0 Å². The largest absolute Gasteiger partial charge is 0.367 e. The zero-order valence-corrected chi connectivity index (χ0v) is 10.0. The van der Waals surface area contributed by atoms with Crippen molar-refractivity contribution in [3.63, 3.8) is 0 Å². The number of nitrogens with two attached hydrogens (primary N) is 1. The smallest absolute Gasteiger partial charge is 0.0335 e. The van der Waals surface area contributed by atoms with Gasteiger partial charge in [0.1, 0.15) is 0 Å². The van der Waals surface area contributed by atoms with Gasteiger partial charge in [-0.3, -0.25) is 9.80 Å². The van der Waals surface area contributed by atoms with Crippen LogP contribution in [0.1, 0.15) is 18.5 Å². The van der Waals surface area contributed by atoms with E-state index >= 15 is 0 Å². The van der Waals surface area contributed by atoms with Crippen LogP contribution in [0.5, 0.6) is 0 Å². The lowest BCUT2D eigenvalue weighted by molar-refractivity contribution is 0.104. The molecule has 4 heteroatoms. The molecule has 0 bridgehead atoms. The highest BCUT2D eigenvalue weighted by Gasteiger charge is 2.21. The Balaban J connectivity index is 1.84. The highest BCUT2D eigenvalue weighted by atomic mass is 15.3. The Kier molecular flexibility index (Phi) is 3.98. The van der Waals surface area contributed by atoms with E-state index in [1.54, 1.807) is 0 Å². The Hall–Kier alpha value is -0.840. The third-order valence-corrected chi connectivity index (χ3v) is 3.50. The number of piperazine rings is 1. The number of aromatic nitrogens is 1. The van der Waals surface area contributed by atoms with Crippen molar-refractivity contribution in [2.24, 2.45) is 5.73 Å². The van der Waals surface area contributed by atoms with Crippen LogP contribution in [0.25, 0.3) is 0 Å². The Bertz CT molecular complexity index is 288. The van der Waals surface area contributed by atoms with Gasteiger partial charge >= 0.3 is 0 Å². The van der Waals surface area contributed by atoms with Gasteiger partial charge in [0.15, 0.2) is 0 Å². The molecule has 0 amide bonds. The number of aromatic amines is 1. The summed E-state index contributed by atoms with van der Waals surface area (Å²) in [5.74, 6) is 0. The fraction of sp³-hybridized carbons (Fsp3) is 0.667. The molecule has 2 heterocycles. The molecule has 1 fully saturated rings. The van der Waals surface area contributed by atoms with E-state index in [9.17, 15) is 0 Å². The average molecular weight is 222 g/mol. The number of hydrogen-bond acceptors (Lipinski definition) is 3. The Morgan fingerprint density at radius 1 is 1.38 bits per heavy atom. The van der Waals surface area contributed by atoms with Gasteiger partial charge in [-0.2, -0.15) is 0 Å². The topological polar surface area (TPSA) is 48.3 Å². The fourth-order valence-electron chi connectivity index (χ4n) is 2.36. The predicted molar refractivity (Wildman–Crippen MR) is 66.3 cm³/mol. The molecule has 1 aliphatic rings. The first kappa shape index (κ1) is 11.6. The van der Waals surface area contributed by atoms with E-state index in [4.69, 9.17) is 5.73 Å². The molecule has 0 saturated carbocycles. The van der Waals surface area contributed by atoms with Crippen LogP contribution < -0.4 is 5.73 Å². The van der Waals surface area contributed by atoms with Crippen molar-refractivity contribution in [3.8, 4) is 0 Å². The minimum atomic E-state index is 0.520. The van der Waals surface area contributed by atoms with Crippen LogP contribution in [-0.4, -0.2) is 54.1 Å². The molecule has 16 heavy (non-hydrogen) atoms. The molecule has 1 saturated heterocycles. The van der Waals surface area contributed by atoms with E-state index in [1.165, 1.54) is 5.56 Å². The Labute approximate surface area is 97.4 Å². The van der Waals surface area contributed by atoms with E-state index in [0.29, 0.717) is 6.04 Å². The summed E-state index contributed by atoms with van der Waals surface area (Å²) in [6.07, 6.45) is 4.09. The molecule has 2 rings (SSSR count). The summed E-state index contributed by atoms with van der Waals surface area (Å²) in [6, 6.07) is 2.68. The van der Waals surface area contributed by atoms with Crippen LogP contribution >= 0.6 is 0 Å². The quantitative estimate of drug-likeness (QED) is 0.786. The molecule has 0 aliphatic carbocycles. The summed E-state index contributed by atoms with van der Waals surface area (Å²) in [4.78, 5) is 8.11. The maximum atomic E-state index is 5.57. The second-order valence-corrected chi connectivity index (χ2v) is 4.49. The van der Waals surface area contributed by atoms with Crippen LogP contribution in [0.3, 0.4) is 0 Å². The van der Waals surface area contributed by atoms with Crippen LogP contribution in [-0.2, 0) is 0 Å². The number of nitrogens with one attached hydrogen (secondary N) is 1. The lowest BCUT2D eigenvalue weighted by atomic mass is 10.1. The number of H-pyrrole nitrogens is 1. The molecule has 1 atom stereocenters. The van der Waals surface area contributed by atoms with Crippen molar-refractivity contribution in [2.75, 3.05) is 39.3 Å². The van der Waals surface area contributed by atoms with Crippen molar-refractivity contribution in [2.45, 2.75) is 13.0 Å². The SMILES string of the molecule is CC(c1cc[nH]c1)N1CCN(CCN)CC1. The lowest BCUT2D eigenvalue weighted by Gasteiger charge is -2.37. The van der Waals surface area contributed by atoms with E-state index in [0.717, 1.165) is 39.3 Å². The summed E-state index contributed by atoms with van der Waals surface area (Å²) in [5, 5.41) is 0. The minimum Gasteiger partial charge on any atom is -0.367 e. The zero-order valence-electron chi connectivity index (χ0n) is 10.0. The van der Waals surface area contributed by atoms with Crippen molar-refractivity contribution in [1.29, 1.82) is 0 Å². The summed E-state index contributed by atoms with van der Waals surface area (Å²) in [5.41, 5.74) is 6.95. The second kappa shape index (κ2) is 5.48. The minimum absolute atomic E-state index is 0.520. The normalized spacial score (nSPS) is 21.1. The highest BCUT2D eigenvalue weighted by molar-refractivity contribution is 5.13. The predicted octanol–water partition coefficient (Wildman–Crippen LogP) is 0.652. The van der Waals surface area contributed by atoms with Crippen molar-refractivity contribution >= 4 is 0 Å². The van der Waals surface area contributed by atoms with Crippen molar-refractivity contribution in [3.05, 3.63) is 24.0 Å². The molecule has 1 aliphatic heterocycles. The van der Waals surface area contributed by atoms with E-state index in [-0.39, 0.29) is 0 Å². The van der Waals surface area contributed by atoms with Gasteiger partial charge in [0.25, 0.3) is 0 Å². The lowest BCUT2D eigenvalue weighted by Crippen LogP contribution is -2.48. The number of rotatable bonds is 4. The summed E-state index contributed by atoms with van der Waals surface area (Å²) in [7, 11) is 0. The molecule has 1 aromatic rings. The third kappa shape index (κ3) is 2.64. The first-order valence-electron chi connectivity index (χ1n) is 6.10. The molecule has 0 radical (unpaired) electrons. The first-order valence-corrected chi connectivity index (χ1v) is 6.10. The molecule has 1 unspecified atom stereocenters. The molecular formula is C12H22N4. The standard InChI is InChI=1S/C12H22N4/c1-11(12-2-4-14-10-12)16-8-6-15(5-3-13)7-9-16/h2,4,10-11,14H,3,5-9,13H2,1H3. The van der Waals surface area contributed by atoms with Crippen molar-refractivity contribution < 1.29 is 0 Å². The number of nitrogens with zero attached hydrogens (tertiary/aromatic N) is 2. The van der Waals surface area contributed by atoms with Gasteiger partial charge in [-0.25, -0.2) is 0 Å². The van der Waals surface area contributed by atoms with E-state index in [2.05, 4.69) is 34.0 Å². The molecule has 3 N–H and O–H groups in total. The van der Waals surface area contributed by atoms with E-state index < -0.39 is 0 Å². The molecule has 90 valence electrons. The Morgan fingerprint density at radius 2 is 2.12 bits per heavy atom. The summed E-state index contributed by atoms with van der Waals surface area (Å²) < 4.78 is 0. The summed E-state index contributed by atoms with van der Waals surface area (Å²) >= 11 is 0. The molecule has 0 spiro atoms. The highest BCUT2D eigenvalue weighted by Crippen LogP contribution is 2.20. The average Bonchev–Trinajstić information content (AvgIpc) is 2.83.